The van der Waals surface area contributed by atoms with Gasteiger partial charge in [-0.1, -0.05) is 62.4 Å². The molecule has 0 saturated carbocycles. The lowest BCUT2D eigenvalue weighted by molar-refractivity contribution is 0.482. The first-order chi connectivity index (χ1) is 16.6. The number of fused-ring (bicyclic) bond motifs is 1. The Morgan fingerprint density at radius 1 is 0.853 bits per heavy atom. The molecule has 0 spiro atoms. The number of tetrazole rings is 1. The van der Waals surface area contributed by atoms with Gasteiger partial charge in [-0.3, -0.25) is 0 Å². The molecule has 0 unspecified atom stereocenters. The number of aryl methyl sites for hydroxylation is 1. The van der Waals surface area contributed by atoms with Crippen molar-refractivity contribution in [2.24, 2.45) is 0 Å². The number of hydrogen-bond acceptors (Lipinski definition) is 4. The molecule has 1 N–H and O–H groups in total. The Morgan fingerprint density at radius 3 is 2.18 bits per heavy atom. The quantitative estimate of drug-likeness (QED) is 0.328. The van der Waals surface area contributed by atoms with Crippen molar-refractivity contribution in [3.8, 4) is 11.5 Å². The van der Waals surface area contributed by atoms with Crippen molar-refractivity contribution in [3.63, 3.8) is 0 Å². The van der Waals surface area contributed by atoms with Gasteiger partial charge in [-0.2, -0.15) is 0 Å². The standard InChI is InChI=1S/C29H28N4O/c1-19(2)22-10-14-24(15-11-22)34-23-12-8-21(9-13-23)18-28-20(3)25(16-17-29-30-32-33-31-29)26-6-4-5-7-27(26)28/h4-15,18-19H,16-17H2,1-3H3,(H,30,31,32,33)/b28-18-. The molecule has 0 radical (unpaired) electrons. The molecule has 0 aliphatic heterocycles. The zero-order valence-electron chi connectivity index (χ0n) is 19.7. The minimum atomic E-state index is 0.513. The molecule has 5 rings (SSSR count). The van der Waals surface area contributed by atoms with Crippen LogP contribution in [0, 0.1) is 0 Å². The molecule has 0 atom stereocenters. The van der Waals surface area contributed by atoms with Crippen molar-refractivity contribution < 1.29 is 4.74 Å². The number of allylic oxidation sites excluding steroid dienone is 3. The Labute approximate surface area is 200 Å². The summed E-state index contributed by atoms with van der Waals surface area (Å²) in [7, 11) is 0. The molecule has 0 saturated heterocycles. The maximum absolute atomic E-state index is 6.05. The van der Waals surface area contributed by atoms with E-state index in [-0.39, 0.29) is 0 Å². The molecule has 5 heteroatoms. The fourth-order valence-electron chi connectivity index (χ4n) is 4.44. The van der Waals surface area contributed by atoms with E-state index in [4.69, 9.17) is 4.74 Å². The Kier molecular flexibility index (Phi) is 6.09. The zero-order valence-corrected chi connectivity index (χ0v) is 19.7. The van der Waals surface area contributed by atoms with Crippen molar-refractivity contribution in [3.05, 3.63) is 106 Å². The SMILES string of the molecule is CC1=C(CCc2nnn[nH]2)c2ccccc2/C1=C\c1ccc(Oc2ccc(C(C)C)cc2)cc1. The van der Waals surface area contributed by atoms with Crippen LogP contribution >= 0.6 is 0 Å². The topological polar surface area (TPSA) is 63.7 Å². The largest absolute Gasteiger partial charge is 0.457 e. The third-order valence-corrected chi connectivity index (χ3v) is 6.37. The number of benzene rings is 3. The number of ether oxygens (including phenoxy) is 1. The molecule has 0 fully saturated rings. The molecule has 1 aromatic heterocycles. The lowest BCUT2D eigenvalue weighted by Gasteiger charge is -2.09. The van der Waals surface area contributed by atoms with Gasteiger partial charge in [-0.25, -0.2) is 5.10 Å². The van der Waals surface area contributed by atoms with Crippen molar-refractivity contribution >= 4 is 17.2 Å². The van der Waals surface area contributed by atoms with Crippen LogP contribution in [0.2, 0.25) is 0 Å². The molecule has 170 valence electrons. The van der Waals surface area contributed by atoms with E-state index in [1.807, 2.05) is 24.3 Å². The highest BCUT2D eigenvalue weighted by atomic mass is 16.5. The smallest absolute Gasteiger partial charge is 0.148 e. The summed E-state index contributed by atoms with van der Waals surface area (Å²) in [6.45, 7) is 6.59. The van der Waals surface area contributed by atoms with Crippen molar-refractivity contribution in [1.82, 2.24) is 20.6 Å². The van der Waals surface area contributed by atoms with Gasteiger partial charge in [0.2, 0.25) is 0 Å². The Hall–Kier alpha value is -3.99. The van der Waals surface area contributed by atoms with Gasteiger partial charge in [0, 0.05) is 6.42 Å². The fourth-order valence-corrected chi connectivity index (χ4v) is 4.44. The molecular formula is C29H28N4O. The Bertz CT molecular complexity index is 1330. The molecule has 1 heterocycles. The normalized spacial score (nSPS) is 14.2. The number of rotatable bonds is 7. The van der Waals surface area contributed by atoms with E-state index in [0.29, 0.717) is 5.92 Å². The molecule has 3 aromatic carbocycles. The number of aromatic amines is 1. The number of aromatic nitrogens is 4. The van der Waals surface area contributed by atoms with Crippen molar-refractivity contribution in [1.29, 1.82) is 0 Å². The molecule has 5 nitrogen and oxygen atoms in total. The number of nitrogens with zero attached hydrogens (tertiary/aromatic N) is 3. The van der Waals surface area contributed by atoms with E-state index in [9.17, 15) is 0 Å². The van der Waals surface area contributed by atoms with Crippen LogP contribution in [0.15, 0.2) is 78.4 Å². The summed E-state index contributed by atoms with van der Waals surface area (Å²) in [4.78, 5) is 0. The van der Waals surface area contributed by atoms with Gasteiger partial charge in [-0.05, 0) is 99.0 Å². The van der Waals surface area contributed by atoms with Crippen LogP contribution in [-0.4, -0.2) is 20.6 Å². The van der Waals surface area contributed by atoms with E-state index >= 15 is 0 Å². The van der Waals surface area contributed by atoms with E-state index in [0.717, 1.165) is 35.7 Å². The third kappa shape index (κ3) is 4.55. The zero-order chi connectivity index (χ0) is 23.5. The summed E-state index contributed by atoms with van der Waals surface area (Å²) < 4.78 is 6.05. The van der Waals surface area contributed by atoms with Gasteiger partial charge in [0.1, 0.15) is 17.3 Å². The van der Waals surface area contributed by atoms with E-state index in [1.165, 1.54) is 33.4 Å². The van der Waals surface area contributed by atoms with Gasteiger partial charge in [0.25, 0.3) is 0 Å². The molecule has 1 aliphatic carbocycles. The number of hydrogen-bond donors (Lipinski definition) is 1. The van der Waals surface area contributed by atoms with Crippen LogP contribution in [0.3, 0.4) is 0 Å². The fraction of sp³-hybridized carbons (Fsp3) is 0.207. The summed E-state index contributed by atoms with van der Waals surface area (Å²) in [6.07, 6.45) is 3.93. The predicted molar refractivity (Wildman–Crippen MR) is 136 cm³/mol. The highest BCUT2D eigenvalue weighted by molar-refractivity contribution is 6.05. The molecule has 1 aliphatic rings. The first-order valence-corrected chi connectivity index (χ1v) is 11.7. The van der Waals surface area contributed by atoms with Crippen molar-refractivity contribution in [2.75, 3.05) is 0 Å². The van der Waals surface area contributed by atoms with Gasteiger partial charge in [0.15, 0.2) is 0 Å². The molecule has 4 aromatic rings. The first kappa shape index (κ1) is 21.8. The Balaban J connectivity index is 1.36. The average Bonchev–Trinajstić information content (AvgIpc) is 3.46. The van der Waals surface area contributed by atoms with Crippen LogP contribution < -0.4 is 4.74 Å². The van der Waals surface area contributed by atoms with Gasteiger partial charge >= 0.3 is 0 Å². The second kappa shape index (κ2) is 9.48. The molecule has 0 bridgehead atoms. The minimum absolute atomic E-state index is 0.513. The molecule has 0 amide bonds. The van der Waals surface area contributed by atoms with Gasteiger partial charge in [0.05, 0.1) is 0 Å². The summed E-state index contributed by atoms with van der Waals surface area (Å²) in [5, 5.41) is 14.3. The third-order valence-electron chi connectivity index (χ3n) is 6.37. The van der Waals surface area contributed by atoms with E-state index in [2.05, 4.69) is 96.0 Å². The second-order valence-corrected chi connectivity index (χ2v) is 8.95. The number of H-pyrrole nitrogens is 1. The van der Waals surface area contributed by atoms with Crippen LogP contribution in [-0.2, 0) is 6.42 Å². The highest BCUT2D eigenvalue weighted by Crippen LogP contribution is 2.43. The van der Waals surface area contributed by atoms with Crippen molar-refractivity contribution in [2.45, 2.75) is 39.5 Å². The van der Waals surface area contributed by atoms with Crippen LogP contribution in [0.25, 0.3) is 17.2 Å². The van der Waals surface area contributed by atoms with E-state index in [1.54, 1.807) is 0 Å². The summed E-state index contributed by atoms with van der Waals surface area (Å²) in [5.41, 5.74) is 8.94. The summed E-state index contributed by atoms with van der Waals surface area (Å²) >= 11 is 0. The molecule has 34 heavy (non-hydrogen) atoms. The Morgan fingerprint density at radius 2 is 1.53 bits per heavy atom. The van der Waals surface area contributed by atoms with Crippen LogP contribution in [0.1, 0.15) is 61.2 Å². The summed E-state index contributed by atoms with van der Waals surface area (Å²) in [6, 6.07) is 25.2. The summed E-state index contributed by atoms with van der Waals surface area (Å²) in [5.74, 6) is 3.01. The van der Waals surface area contributed by atoms with Crippen LogP contribution in [0.5, 0.6) is 11.5 Å². The lowest BCUT2D eigenvalue weighted by Crippen LogP contribution is -1.92. The monoisotopic (exact) mass is 448 g/mol. The highest BCUT2D eigenvalue weighted by Gasteiger charge is 2.23. The second-order valence-electron chi connectivity index (χ2n) is 8.95. The van der Waals surface area contributed by atoms with Crippen LogP contribution in [0.4, 0.5) is 0 Å². The van der Waals surface area contributed by atoms with E-state index < -0.39 is 0 Å². The maximum Gasteiger partial charge on any atom is 0.148 e. The predicted octanol–water partition coefficient (Wildman–Crippen LogP) is 7.08. The number of nitrogens with one attached hydrogen (secondary N) is 1. The minimum Gasteiger partial charge on any atom is -0.457 e. The first-order valence-electron chi connectivity index (χ1n) is 11.7. The van der Waals surface area contributed by atoms with Gasteiger partial charge < -0.3 is 4.74 Å². The molecular weight excluding hydrogens is 420 g/mol. The van der Waals surface area contributed by atoms with Gasteiger partial charge in [-0.15, -0.1) is 5.10 Å². The maximum atomic E-state index is 6.05. The average molecular weight is 449 g/mol. The lowest BCUT2D eigenvalue weighted by atomic mass is 10.0.